The number of hydrogen-bond donors (Lipinski definition) is 1. The Kier molecular flexibility index (Phi) is 5.09. The summed E-state index contributed by atoms with van der Waals surface area (Å²) in [5.41, 5.74) is 1.07. The topological polar surface area (TPSA) is 28.2 Å². The molecule has 0 atom stereocenters. The van der Waals surface area contributed by atoms with Crippen molar-refractivity contribution in [2.45, 2.75) is 33.0 Å². The maximum Gasteiger partial charge on any atom is 0.185 e. The smallest absolute Gasteiger partial charge is 0.185 e. The lowest BCUT2D eigenvalue weighted by molar-refractivity contribution is 0.593. The van der Waals surface area contributed by atoms with Gasteiger partial charge in [-0.1, -0.05) is 26.0 Å². The van der Waals surface area contributed by atoms with E-state index in [9.17, 15) is 4.39 Å². The average Bonchev–Trinajstić information content (AvgIpc) is 2.88. The molecule has 108 valence electrons. The summed E-state index contributed by atoms with van der Waals surface area (Å²) in [6.45, 7) is 5.83. The first-order valence-electron chi connectivity index (χ1n) is 6.68. The highest BCUT2D eigenvalue weighted by atomic mass is 32.1. The molecular formula is C15H20FN3S. The van der Waals surface area contributed by atoms with Gasteiger partial charge in [0, 0.05) is 37.3 Å². The Hall–Kier alpha value is -1.46. The van der Waals surface area contributed by atoms with Crippen LogP contribution in [0.3, 0.4) is 0 Å². The SMILES string of the molecule is CC(C)NCc1cnc(N(C)Cc2ccc(F)cc2)s1. The van der Waals surface area contributed by atoms with Crippen molar-refractivity contribution >= 4 is 16.5 Å². The fraction of sp³-hybridized carbons (Fsp3) is 0.400. The standard InChI is InChI=1S/C15H20FN3S/c1-11(2)17-8-14-9-18-15(20-14)19(3)10-12-4-6-13(16)7-5-12/h4-7,9,11,17H,8,10H2,1-3H3. The van der Waals surface area contributed by atoms with Crippen LogP contribution in [0, 0.1) is 5.82 Å². The van der Waals surface area contributed by atoms with E-state index in [2.05, 4.69) is 29.0 Å². The van der Waals surface area contributed by atoms with Gasteiger partial charge >= 0.3 is 0 Å². The Morgan fingerprint density at radius 1 is 1.30 bits per heavy atom. The number of nitrogens with zero attached hydrogens (tertiary/aromatic N) is 2. The minimum absolute atomic E-state index is 0.201. The van der Waals surface area contributed by atoms with E-state index in [-0.39, 0.29) is 5.82 Å². The first-order valence-corrected chi connectivity index (χ1v) is 7.50. The van der Waals surface area contributed by atoms with E-state index < -0.39 is 0 Å². The molecule has 0 saturated heterocycles. The Labute approximate surface area is 123 Å². The summed E-state index contributed by atoms with van der Waals surface area (Å²) in [6, 6.07) is 7.06. The number of aromatic nitrogens is 1. The summed E-state index contributed by atoms with van der Waals surface area (Å²) in [5.74, 6) is -0.201. The van der Waals surface area contributed by atoms with Gasteiger partial charge < -0.3 is 10.2 Å². The molecule has 1 N–H and O–H groups in total. The molecule has 2 rings (SSSR count). The van der Waals surface area contributed by atoms with E-state index in [0.29, 0.717) is 6.04 Å². The third kappa shape index (κ3) is 4.28. The summed E-state index contributed by atoms with van der Waals surface area (Å²) in [4.78, 5) is 7.74. The summed E-state index contributed by atoms with van der Waals surface area (Å²) < 4.78 is 12.9. The van der Waals surface area contributed by atoms with Crippen LogP contribution in [-0.4, -0.2) is 18.1 Å². The molecule has 0 spiro atoms. The quantitative estimate of drug-likeness (QED) is 0.884. The number of hydrogen-bond acceptors (Lipinski definition) is 4. The van der Waals surface area contributed by atoms with Crippen molar-refractivity contribution in [1.29, 1.82) is 0 Å². The van der Waals surface area contributed by atoms with E-state index in [1.54, 1.807) is 23.5 Å². The first-order chi connectivity index (χ1) is 9.54. The van der Waals surface area contributed by atoms with Crippen molar-refractivity contribution in [3.63, 3.8) is 0 Å². The van der Waals surface area contributed by atoms with Crippen LogP contribution in [0.2, 0.25) is 0 Å². The fourth-order valence-corrected chi connectivity index (χ4v) is 2.61. The van der Waals surface area contributed by atoms with Crippen molar-refractivity contribution in [3.05, 3.63) is 46.7 Å². The number of thiazole rings is 1. The van der Waals surface area contributed by atoms with Gasteiger partial charge in [-0.15, -0.1) is 11.3 Å². The van der Waals surface area contributed by atoms with Gasteiger partial charge in [-0.2, -0.15) is 0 Å². The molecule has 1 aromatic heterocycles. The van der Waals surface area contributed by atoms with E-state index in [1.165, 1.54) is 17.0 Å². The maximum absolute atomic E-state index is 12.9. The molecule has 2 aromatic rings. The number of benzene rings is 1. The fourth-order valence-electron chi connectivity index (χ4n) is 1.79. The maximum atomic E-state index is 12.9. The van der Waals surface area contributed by atoms with Gasteiger partial charge in [0.2, 0.25) is 0 Å². The predicted molar refractivity (Wildman–Crippen MR) is 82.6 cm³/mol. The van der Waals surface area contributed by atoms with Gasteiger partial charge in [-0.05, 0) is 17.7 Å². The lowest BCUT2D eigenvalue weighted by atomic mass is 10.2. The zero-order valence-corrected chi connectivity index (χ0v) is 12.9. The average molecular weight is 293 g/mol. The molecule has 0 aliphatic carbocycles. The van der Waals surface area contributed by atoms with Gasteiger partial charge in [-0.3, -0.25) is 0 Å². The summed E-state index contributed by atoms with van der Waals surface area (Å²) in [6.07, 6.45) is 1.91. The highest BCUT2D eigenvalue weighted by Crippen LogP contribution is 2.23. The third-order valence-corrected chi connectivity index (χ3v) is 4.00. The Morgan fingerprint density at radius 2 is 2.00 bits per heavy atom. The minimum Gasteiger partial charge on any atom is -0.347 e. The monoisotopic (exact) mass is 293 g/mol. The molecule has 0 bridgehead atoms. The highest BCUT2D eigenvalue weighted by molar-refractivity contribution is 7.15. The summed E-state index contributed by atoms with van der Waals surface area (Å²) >= 11 is 1.68. The van der Waals surface area contributed by atoms with E-state index >= 15 is 0 Å². The largest absolute Gasteiger partial charge is 0.347 e. The van der Waals surface area contributed by atoms with Gasteiger partial charge in [0.25, 0.3) is 0 Å². The van der Waals surface area contributed by atoms with Gasteiger partial charge in [0.05, 0.1) is 0 Å². The van der Waals surface area contributed by atoms with Crippen LogP contribution in [0.15, 0.2) is 30.5 Å². The van der Waals surface area contributed by atoms with Crippen LogP contribution in [0.5, 0.6) is 0 Å². The van der Waals surface area contributed by atoms with Gasteiger partial charge in [0.1, 0.15) is 5.82 Å². The molecule has 0 radical (unpaired) electrons. The molecule has 0 amide bonds. The van der Waals surface area contributed by atoms with Gasteiger partial charge in [0.15, 0.2) is 5.13 Å². The Bertz CT molecular complexity index is 536. The van der Waals surface area contributed by atoms with Crippen LogP contribution >= 0.6 is 11.3 Å². The Balaban J connectivity index is 1.95. The zero-order valence-electron chi connectivity index (χ0n) is 12.1. The minimum atomic E-state index is -0.201. The van der Waals surface area contributed by atoms with E-state index in [4.69, 9.17) is 0 Å². The van der Waals surface area contributed by atoms with Crippen LogP contribution in [-0.2, 0) is 13.1 Å². The van der Waals surface area contributed by atoms with Crippen LogP contribution in [0.25, 0.3) is 0 Å². The second-order valence-corrected chi connectivity index (χ2v) is 6.22. The molecule has 1 heterocycles. The normalized spacial score (nSPS) is 11.1. The first kappa shape index (κ1) is 14.9. The summed E-state index contributed by atoms with van der Waals surface area (Å²) in [5, 5.41) is 4.36. The molecule has 5 heteroatoms. The zero-order chi connectivity index (χ0) is 14.5. The molecule has 0 saturated carbocycles. The predicted octanol–water partition coefficient (Wildman–Crippen LogP) is 3.42. The van der Waals surface area contributed by atoms with Crippen LogP contribution in [0.4, 0.5) is 9.52 Å². The number of halogens is 1. The van der Waals surface area contributed by atoms with Crippen LogP contribution in [0.1, 0.15) is 24.3 Å². The molecule has 0 fully saturated rings. The second kappa shape index (κ2) is 6.81. The number of anilines is 1. The molecule has 20 heavy (non-hydrogen) atoms. The third-order valence-electron chi connectivity index (χ3n) is 2.89. The number of nitrogens with one attached hydrogen (secondary N) is 1. The molecule has 0 unspecified atom stereocenters. The second-order valence-electron chi connectivity index (χ2n) is 5.13. The molecule has 3 nitrogen and oxygen atoms in total. The molecule has 0 aliphatic heterocycles. The molecular weight excluding hydrogens is 273 g/mol. The Morgan fingerprint density at radius 3 is 2.65 bits per heavy atom. The lowest BCUT2D eigenvalue weighted by Crippen LogP contribution is -2.21. The van der Waals surface area contributed by atoms with E-state index in [1.807, 2.05) is 13.2 Å². The van der Waals surface area contributed by atoms with Gasteiger partial charge in [-0.25, -0.2) is 9.37 Å². The number of rotatable bonds is 6. The summed E-state index contributed by atoms with van der Waals surface area (Å²) in [7, 11) is 2.00. The molecule has 0 aliphatic rings. The molecule has 1 aromatic carbocycles. The highest BCUT2D eigenvalue weighted by Gasteiger charge is 2.08. The van der Waals surface area contributed by atoms with Crippen molar-refractivity contribution in [3.8, 4) is 0 Å². The van der Waals surface area contributed by atoms with Crippen molar-refractivity contribution in [2.75, 3.05) is 11.9 Å². The van der Waals surface area contributed by atoms with Crippen molar-refractivity contribution in [1.82, 2.24) is 10.3 Å². The van der Waals surface area contributed by atoms with Crippen molar-refractivity contribution in [2.24, 2.45) is 0 Å². The van der Waals surface area contributed by atoms with Crippen molar-refractivity contribution < 1.29 is 4.39 Å². The van der Waals surface area contributed by atoms with E-state index in [0.717, 1.165) is 23.8 Å². The van der Waals surface area contributed by atoms with Crippen LogP contribution < -0.4 is 10.2 Å². The lowest BCUT2D eigenvalue weighted by Gasteiger charge is -2.15.